The van der Waals surface area contributed by atoms with Gasteiger partial charge in [0, 0.05) is 29.5 Å². The van der Waals surface area contributed by atoms with Gasteiger partial charge in [-0.3, -0.25) is 9.59 Å². The van der Waals surface area contributed by atoms with Crippen LogP contribution in [0.3, 0.4) is 0 Å². The average Bonchev–Trinajstić information content (AvgIpc) is 2.65. The minimum atomic E-state index is -4.41. The van der Waals surface area contributed by atoms with E-state index < -0.39 is 12.8 Å². The summed E-state index contributed by atoms with van der Waals surface area (Å²) >= 11 is 3.28. The fourth-order valence-electron chi connectivity index (χ4n) is 2.19. The summed E-state index contributed by atoms with van der Waals surface area (Å²) in [5.74, 6) is -0.502. The smallest absolute Gasteiger partial charge is 0.422 e. The van der Waals surface area contributed by atoms with Gasteiger partial charge in [-0.05, 0) is 42.0 Å². The molecule has 0 aliphatic carbocycles. The van der Waals surface area contributed by atoms with E-state index in [1.54, 1.807) is 36.4 Å². The molecule has 5 nitrogen and oxygen atoms in total. The number of amides is 2. The fourth-order valence-corrected chi connectivity index (χ4v) is 2.46. The molecule has 0 aromatic heterocycles. The molecule has 2 aromatic carbocycles. The first kappa shape index (κ1) is 21.7. The molecule has 2 N–H and O–H groups in total. The van der Waals surface area contributed by atoms with E-state index in [1.165, 1.54) is 12.1 Å². The van der Waals surface area contributed by atoms with Crippen LogP contribution in [0.4, 0.5) is 13.2 Å². The number of rotatable bonds is 8. The number of hydrogen-bond acceptors (Lipinski definition) is 3. The first-order valence-electron chi connectivity index (χ1n) is 8.32. The van der Waals surface area contributed by atoms with Gasteiger partial charge in [-0.2, -0.15) is 13.2 Å². The minimum absolute atomic E-state index is 0.0748. The molecule has 0 aliphatic rings. The van der Waals surface area contributed by atoms with Crippen molar-refractivity contribution < 1.29 is 27.5 Å². The Kier molecular flexibility index (Phi) is 7.86. The van der Waals surface area contributed by atoms with Gasteiger partial charge in [-0.25, -0.2) is 0 Å². The van der Waals surface area contributed by atoms with Crippen LogP contribution in [0.5, 0.6) is 5.75 Å². The van der Waals surface area contributed by atoms with Crippen LogP contribution in [0.25, 0.3) is 0 Å². The van der Waals surface area contributed by atoms with E-state index >= 15 is 0 Å². The van der Waals surface area contributed by atoms with Crippen molar-refractivity contribution in [2.45, 2.75) is 19.1 Å². The molecule has 0 spiro atoms. The fraction of sp³-hybridized carbons (Fsp3) is 0.263. The summed E-state index contributed by atoms with van der Waals surface area (Å²) in [6.07, 6.45) is -4.34. The molecule has 150 valence electrons. The lowest BCUT2D eigenvalue weighted by atomic mass is 10.2. The summed E-state index contributed by atoms with van der Waals surface area (Å²) in [5.41, 5.74) is 1.09. The number of carbonyl (C=O) groups excluding carboxylic acids is 2. The molecule has 0 unspecified atom stereocenters. The van der Waals surface area contributed by atoms with Gasteiger partial charge in [0.1, 0.15) is 5.75 Å². The van der Waals surface area contributed by atoms with E-state index in [2.05, 4.69) is 31.3 Å². The van der Waals surface area contributed by atoms with Crippen LogP contribution in [0.2, 0.25) is 0 Å². The summed E-state index contributed by atoms with van der Waals surface area (Å²) in [7, 11) is 0. The number of carbonyl (C=O) groups is 2. The van der Waals surface area contributed by atoms with Gasteiger partial charge in [-0.15, -0.1) is 0 Å². The highest BCUT2D eigenvalue weighted by Gasteiger charge is 2.28. The van der Waals surface area contributed by atoms with Crippen molar-refractivity contribution in [3.05, 3.63) is 64.1 Å². The Morgan fingerprint density at radius 3 is 2.43 bits per heavy atom. The van der Waals surface area contributed by atoms with E-state index in [0.717, 1.165) is 4.47 Å². The third kappa shape index (κ3) is 7.99. The zero-order valence-electron chi connectivity index (χ0n) is 14.7. The average molecular weight is 459 g/mol. The minimum Gasteiger partial charge on any atom is -0.484 e. The highest BCUT2D eigenvalue weighted by atomic mass is 79.9. The zero-order valence-corrected chi connectivity index (χ0v) is 16.3. The quantitative estimate of drug-likeness (QED) is 0.631. The first-order valence-corrected chi connectivity index (χ1v) is 9.11. The van der Waals surface area contributed by atoms with E-state index in [9.17, 15) is 22.8 Å². The molecule has 0 bridgehead atoms. The topological polar surface area (TPSA) is 67.4 Å². The molecule has 28 heavy (non-hydrogen) atoms. The van der Waals surface area contributed by atoms with E-state index in [4.69, 9.17) is 0 Å². The van der Waals surface area contributed by atoms with Crippen molar-refractivity contribution in [1.82, 2.24) is 10.6 Å². The molecule has 0 radical (unpaired) electrons. The monoisotopic (exact) mass is 458 g/mol. The molecule has 2 aromatic rings. The number of halogens is 4. The standard InChI is InChI=1S/C19H18BrF3N2O3/c20-15-6-4-14(5-7-15)18(27)24-9-8-17(26)25-11-13-2-1-3-16(10-13)28-12-19(21,22)23/h1-7,10H,8-9,11-12H2,(H,24,27)(H,25,26). The Balaban J connectivity index is 1.72. The van der Waals surface area contributed by atoms with Crippen molar-refractivity contribution in [3.63, 3.8) is 0 Å². The predicted octanol–water partition coefficient (Wildman–Crippen LogP) is 3.83. The Hall–Kier alpha value is -2.55. The van der Waals surface area contributed by atoms with Crippen LogP contribution < -0.4 is 15.4 Å². The van der Waals surface area contributed by atoms with Gasteiger partial charge < -0.3 is 15.4 Å². The molecular formula is C19H18BrF3N2O3. The summed E-state index contributed by atoms with van der Waals surface area (Å²) < 4.78 is 42.1. The third-order valence-corrected chi connectivity index (χ3v) is 4.06. The number of hydrogen-bond donors (Lipinski definition) is 2. The van der Waals surface area contributed by atoms with Gasteiger partial charge in [-0.1, -0.05) is 28.1 Å². The van der Waals surface area contributed by atoms with Crippen LogP contribution in [0.15, 0.2) is 53.0 Å². The second kappa shape index (κ2) is 10.1. The molecule has 0 heterocycles. The first-order chi connectivity index (χ1) is 13.2. The lowest BCUT2D eigenvalue weighted by molar-refractivity contribution is -0.153. The molecular weight excluding hydrogens is 441 g/mol. The number of benzene rings is 2. The van der Waals surface area contributed by atoms with Crippen LogP contribution in [0, 0.1) is 0 Å². The maximum Gasteiger partial charge on any atom is 0.422 e. The molecule has 9 heteroatoms. The summed E-state index contributed by atoms with van der Waals surface area (Å²) in [5, 5.41) is 5.29. The molecule has 0 aliphatic heterocycles. The highest BCUT2D eigenvalue weighted by Crippen LogP contribution is 2.19. The van der Waals surface area contributed by atoms with Crippen molar-refractivity contribution in [2.75, 3.05) is 13.2 Å². The third-order valence-electron chi connectivity index (χ3n) is 3.53. The van der Waals surface area contributed by atoms with Gasteiger partial charge in [0.25, 0.3) is 5.91 Å². The number of nitrogens with one attached hydrogen (secondary N) is 2. The van der Waals surface area contributed by atoms with Crippen molar-refractivity contribution in [1.29, 1.82) is 0 Å². The van der Waals surface area contributed by atoms with Crippen LogP contribution in [-0.4, -0.2) is 31.1 Å². The highest BCUT2D eigenvalue weighted by molar-refractivity contribution is 9.10. The molecule has 2 rings (SSSR count). The van der Waals surface area contributed by atoms with E-state index in [-0.39, 0.29) is 37.1 Å². The van der Waals surface area contributed by atoms with Gasteiger partial charge in [0.2, 0.25) is 5.91 Å². The zero-order chi connectivity index (χ0) is 20.6. The Morgan fingerprint density at radius 1 is 1.04 bits per heavy atom. The lowest BCUT2D eigenvalue weighted by Crippen LogP contribution is -2.30. The largest absolute Gasteiger partial charge is 0.484 e. The predicted molar refractivity (Wildman–Crippen MR) is 101 cm³/mol. The van der Waals surface area contributed by atoms with Crippen molar-refractivity contribution in [3.8, 4) is 5.75 Å². The van der Waals surface area contributed by atoms with Crippen LogP contribution >= 0.6 is 15.9 Å². The van der Waals surface area contributed by atoms with Gasteiger partial charge in [0.05, 0.1) is 0 Å². The normalized spacial score (nSPS) is 11.0. The maximum atomic E-state index is 12.2. The van der Waals surface area contributed by atoms with E-state index in [1.807, 2.05) is 0 Å². The van der Waals surface area contributed by atoms with E-state index in [0.29, 0.717) is 11.1 Å². The number of alkyl halides is 3. The summed E-state index contributed by atoms with van der Waals surface area (Å²) in [6.45, 7) is -1.07. The molecule has 2 amide bonds. The van der Waals surface area contributed by atoms with Gasteiger partial charge in [0.15, 0.2) is 6.61 Å². The second-order valence-corrected chi connectivity index (χ2v) is 6.76. The molecule has 0 atom stereocenters. The van der Waals surface area contributed by atoms with Crippen LogP contribution in [0.1, 0.15) is 22.3 Å². The SMILES string of the molecule is O=C(CCNC(=O)c1ccc(Br)cc1)NCc1cccc(OCC(F)(F)F)c1. The number of ether oxygens (including phenoxy) is 1. The van der Waals surface area contributed by atoms with Gasteiger partial charge >= 0.3 is 6.18 Å². The maximum absolute atomic E-state index is 12.2. The second-order valence-electron chi connectivity index (χ2n) is 5.84. The molecule has 0 fully saturated rings. The Morgan fingerprint density at radius 2 is 1.75 bits per heavy atom. The lowest BCUT2D eigenvalue weighted by Gasteiger charge is -2.11. The Bertz CT molecular complexity index is 811. The molecule has 0 saturated heterocycles. The Labute approximate surface area is 168 Å². The van der Waals surface area contributed by atoms with Crippen molar-refractivity contribution in [2.24, 2.45) is 0 Å². The summed E-state index contributed by atoms with van der Waals surface area (Å²) in [4.78, 5) is 23.8. The van der Waals surface area contributed by atoms with Crippen molar-refractivity contribution >= 4 is 27.7 Å². The van der Waals surface area contributed by atoms with Crippen LogP contribution in [-0.2, 0) is 11.3 Å². The molecule has 0 saturated carbocycles. The summed E-state index contributed by atoms with van der Waals surface area (Å²) in [6, 6.07) is 12.9.